The fourth-order valence-corrected chi connectivity index (χ4v) is 2.32. The summed E-state index contributed by atoms with van der Waals surface area (Å²) in [5.41, 5.74) is -0.853. The van der Waals surface area contributed by atoms with Gasteiger partial charge in [-0.15, -0.1) is 0 Å². The Morgan fingerprint density at radius 3 is 2.50 bits per heavy atom. The van der Waals surface area contributed by atoms with Crippen LogP contribution in [0, 0.1) is 0 Å². The lowest BCUT2D eigenvalue weighted by Crippen LogP contribution is -2.44. The van der Waals surface area contributed by atoms with Crippen molar-refractivity contribution in [3.05, 3.63) is 32.6 Å². The molecule has 0 unspecified atom stereocenters. The third-order valence-electron chi connectivity index (χ3n) is 3.44. The molecule has 0 radical (unpaired) electrons. The van der Waals surface area contributed by atoms with Crippen LogP contribution in [-0.4, -0.2) is 40.4 Å². The molecule has 0 saturated carbocycles. The minimum absolute atomic E-state index is 0.0496. The molecule has 0 bridgehead atoms. The van der Waals surface area contributed by atoms with Gasteiger partial charge in [-0.2, -0.15) is 0 Å². The van der Waals surface area contributed by atoms with Crippen LogP contribution in [0.5, 0.6) is 0 Å². The second kappa shape index (κ2) is 4.89. The van der Waals surface area contributed by atoms with Gasteiger partial charge in [0.15, 0.2) is 5.78 Å². The number of piperidine rings is 1. The number of rotatable bonds is 2. The van der Waals surface area contributed by atoms with E-state index in [0.717, 1.165) is 25.9 Å². The van der Waals surface area contributed by atoms with E-state index in [1.807, 2.05) is 7.05 Å². The molecule has 1 N–H and O–H groups in total. The standard InChI is InChI=1S/C12H17N3O3/c1-8(16)10-7-13-12(18)15(11(10)17)9-3-5-14(2)6-4-9/h7,9H,3-6H2,1-2H3,(H,13,18). The normalized spacial score (nSPS) is 17.9. The topological polar surface area (TPSA) is 75.2 Å². The molecule has 6 nitrogen and oxygen atoms in total. The fraction of sp³-hybridized carbons (Fsp3) is 0.583. The van der Waals surface area contributed by atoms with Gasteiger partial charge < -0.3 is 9.88 Å². The number of aromatic nitrogens is 2. The van der Waals surface area contributed by atoms with Crippen molar-refractivity contribution in [2.45, 2.75) is 25.8 Å². The highest BCUT2D eigenvalue weighted by atomic mass is 16.2. The summed E-state index contributed by atoms with van der Waals surface area (Å²) in [7, 11) is 2.01. The van der Waals surface area contributed by atoms with E-state index in [2.05, 4.69) is 9.88 Å². The maximum Gasteiger partial charge on any atom is 0.328 e. The number of hydrogen-bond acceptors (Lipinski definition) is 4. The first kappa shape index (κ1) is 12.8. The van der Waals surface area contributed by atoms with Crippen LogP contribution >= 0.6 is 0 Å². The van der Waals surface area contributed by atoms with E-state index in [-0.39, 0.29) is 17.4 Å². The summed E-state index contributed by atoms with van der Waals surface area (Å²) in [5, 5.41) is 0. The molecule has 1 saturated heterocycles. The number of nitrogens with zero attached hydrogens (tertiary/aromatic N) is 2. The molecule has 0 aromatic carbocycles. The molecule has 2 rings (SSSR count). The smallest absolute Gasteiger partial charge is 0.313 e. The van der Waals surface area contributed by atoms with E-state index in [0.29, 0.717) is 0 Å². The Morgan fingerprint density at radius 2 is 1.94 bits per heavy atom. The zero-order valence-electron chi connectivity index (χ0n) is 10.6. The highest BCUT2D eigenvalue weighted by molar-refractivity contribution is 5.93. The summed E-state index contributed by atoms with van der Waals surface area (Å²) in [6.07, 6.45) is 2.71. The molecule has 0 aliphatic carbocycles. The van der Waals surface area contributed by atoms with Gasteiger partial charge in [0.05, 0.1) is 5.56 Å². The maximum absolute atomic E-state index is 12.1. The van der Waals surface area contributed by atoms with Gasteiger partial charge in [0.2, 0.25) is 0 Å². The molecule has 0 spiro atoms. The van der Waals surface area contributed by atoms with Gasteiger partial charge in [0.25, 0.3) is 5.56 Å². The minimum atomic E-state index is -0.471. The SMILES string of the molecule is CC(=O)c1c[nH]c(=O)n(C2CCN(C)CC2)c1=O. The first-order valence-corrected chi connectivity index (χ1v) is 6.04. The monoisotopic (exact) mass is 251 g/mol. The Morgan fingerprint density at radius 1 is 1.33 bits per heavy atom. The van der Waals surface area contributed by atoms with Gasteiger partial charge in [0.1, 0.15) is 0 Å². The van der Waals surface area contributed by atoms with Gasteiger partial charge in [-0.1, -0.05) is 0 Å². The average molecular weight is 251 g/mol. The number of aromatic amines is 1. The molecule has 1 aromatic heterocycles. The summed E-state index contributed by atoms with van der Waals surface area (Å²) in [4.78, 5) is 39.8. The third-order valence-corrected chi connectivity index (χ3v) is 3.44. The van der Waals surface area contributed by atoms with Gasteiger partial charge in [-0.25, -0.2) is 4.79 Å². The van der Waals surface area contributed by atoms with Crippen LogP contribution in [0.2, 0.25) is 0 Å². The van der Waals surface area contributed by atoms with Crippen LogP contribution < -0.4 is 11.2 Å². The van der Waals surface area contributed by atoms with Gasteiger partial charge in [0, 0.05) is 12.2 Å². The Hall–Kier alpha value is -1.69. The summed E-state index contributed by atoms with van der Waals surface area (Å²) < 4.78 is 1.20. The second-order valence-electron chi connectivity index (χ2n) is 4.77. The maximum atomic E-state index is 12.1. The molecular weight excluding hydrogens is 234 g/mol. The fourth-order valence-electron chi connectivity index (χ4n) is 2.32. The van der Waals surface area contributed by atoms with Gasteiger partial charge in [-0.3, -0.25) is 14.2 Å². The number of nitrogens with one attached hydrogen (secondary N) is 1. The summed E-state index contributed by atoms with van der Waals surface area (Å²) >= 11 is 0. The number of Topliss-reactive ketones (excluding diaryl/α,β-unsaturated/α-hetero) is 1. The molecule has 2 heterocycles. The van der Waals surface area contributed by atoms with Crippen molar-refractivity contribution in [2.75, 3.05) is 20.1 Å². The van der Waals surface area contributed by atoms with E-state index in [9.17, 15) is 14.4 Å². The number of hydrogen-bond donors (Lipinski definition) is 1. The van der Waals surface area contributed by atoms with Crippen molar-refractivity contribution in [1.82, 2.24) is 14.5 Å². The van der Waals surface area contributed by atoms with Crippen molar-refractivity contribution >= 4 is 5.78 Å². The van der Waals surface area contributed by atoms with Crippen LogP contribution in [0.25, 0.3) is 0 Å². The van der Waals surface area contributed by atoms with Crippen LogP contribution in [0.4, 0.5) is 0 Å². The number of likely N-dealkylation sites (tertiary alicyclic amines) is 1. The number of carbonyl (C=O) groups excluding carboxylic acids is 1. The minimum Gasteiger partial charge on any atom is -0.313 e. The molecule has 6 heteroatoms. The van der Waals surface area contributed by atoms with Crippen molar-refractivity contribution in [3.8, 4) is 0 Å². The summed E-state index contributed by atoms with van der Waals surface area (Å²) in [6, 6.07) is -0.114. The largest absolute Gasteiger partial charge is 0.328 e. The Labute approximate surface area is 104 Å². The lowest BCUT2D eigenvalue weighted by atomic mass is 10.1. The average Bonchev–Trinajstić information content (AvgIpc) is 2.31. The zero-order chi connectivity index (χ0) is 13.3. The lowest BCUT2D eigenvalue weighted by Gasteiger charge is -2.29. The van der Waals surface area contributed by atoms with Crippen LogP contribution in [-0.2, 0) is 0 Å². The molecule has 0 atom stereocenters. The van der Waals surface area contributed by atoms with Crippen molar-refractivity contribution in [2.24, 2.45) is 0 Å². The number of H-pyrrole nitrogens is 1. The zero-order valence-corrected chi connectivity index (χ0v) is 10.6. The third kappa shape index (κ3) is 2.28. The Balaban J connectivity index is 2.44. The van der Waals surface area contributed by atoms with E-state index < -0.39 is 11.2 Å². The molecule has 0 amide bonds. The van der Waals surface area contributed by atoms with E-state index in [1.165, 1.54) is 17.7 Å². The first-order chi connectivity index (χ1) is 8.50. The lowest BCUT2D eigenvalue weighted by molar-refractivity contribution is 0.101. The summed E-state index contributed by atoms with van der Waals surface area (Å²) in [6.45, 7) is 3.02. The number of ketones is 1. The van der Waals surface area contributed by atoms with Crippen molar-refractivity contribution in [3.63, 3.8) is 0 Å². The highest BCUT2D eigenvalue weighted by Crippen LogP contribution is 2.18. The van der Waals surface area contributed by atoms with Gasteiger partial charge in [-0.05, 0) is 39.9 Å². The van der Waals surface area contributed by atoms with Crippen LogP contribution in [0.15, 0.2) is 15.8 Å². The molecule has 1 aromatic rings. The van der Waals surface area contributed by atoms with Crippen molar-refractivity contribution < 1.29 is 4.79 Å². The quantitative estimate of drug-likeness (QED) is 0.751. The molecule has 1 fully saturated rings. The van der Waals surface area contributed by atoms with Crippen molar-refractivity contribution in [1.29, 1.82) is 0 Å². The predicted octanol–water partition coefficient (Wildman–Crippen LogP) is 0.00590. The second-order valence-corrected chi connectivity index (χ2v) is 4.77. The predicted molar refractivity (Wildman–Crippen MR) is 67.1 cm³/mol. The van der Waals surface area contributed by atoms with Crippen LogP contribution in [0.1, 0.15) is 36.2 Å². The van der Waals surface area contributed by atoms with Crippen LogP contribution in [0.3, 0.4) is 0 Å². The Kier molecular flexibility index (Phi) is 3.47. The van der Waals surface area contributed by atoms with E-state index >= 15 is 0 Å². The molecule has 1 aliphatic rings. The number of carbonyl (C=O) groups is 1. The van der Waals surface area contributed by atoms with Gasteiger partial charge >= 0.3 is 5.69 Å². The summed E-state index contributed by atoms with van der Waals surface area (Å²) in [5.74, 6) is -0.321. The first-order valence-electron chi connectivity index (χ1n) is 6.04. The molecule has 98 valence electrons. The Bertz CT molecular complexity index is 565. The molecular formula is C12H17N3O3. The van der Waals surface area contributed by atoms with E-state index in [1.54, 1.807) is 0 Å². The highest BCUT2D eigenvalue weighted by Gasteiger charge is 2.22. The molecule has 1 aliphatic heterocycles. The van der Waals surface area contributed by atoms with E-state index in [4.69, 9.17) is 0 Å². The molecule has 18 heavy (non-hydrogen) atoms.